The molecule has 1 N–H and O–H groups in total. The number of likely N-dealkylation sites (tertiary alicyclic amines) is 1. The van der Waals surface area contributed by atoms with Crippen LogP contribution in [0.25, 0.3) is 0 Å². The lowest BCUT2D eigenvalue weighted by molar-refractivity contribution is -0.156. The maximum absolute atomic E-state index is 13.2. The van der Waals surface area contributed by atoms with E-state index in [1.165, 1.54) is 0 Å². The highest BCUT2D eigenvalue weighted by molar-refractivity contribution is 5.98. The second kappa shape index (κ2) is 6.25. The number of fused-ring (bicyclic) bond motifs is 3. The number of carbonyl (C=O) groups excluding carboxylic acids is 2. The third-order valence-electron chi connectivity index (χ3n) is 7.38. The quantitative estimate of drug-likeness (QED) is 0.828. The van der Waals surface area contributed by atoms with Crippen LogP contribution in [0.15, 0.2) is 24.3 Å². The Morgan fingerprint density at radius 2 is 1.96 bits per heavy atom. The van der Waals surface area contributed by atoms with Gasteiger partial charge in [-0.3, -0.25) is 9.59 Å². The monoisotopic (exact) mass is 368 g/mol. The van der Waals surface area contributed by atoms with Gasteiger partial charge in [-0.15, -0.1) is 0 Å². The molecule has 0 unspecified atom stereocenters. The Labute approximate surface area is 160 Å². The van der Waals surface area contributed by atoms with E-state index in [2.05, 4.69) is 17.1 Å². The van der Waals surface area contributed by atoms with E-state index in [1.807, 2.05) is 24.3 Å². The third kappa shape index (κ3) is 2.74. The summed E-state index contributed by atoms with van der Waals surface area (Å²) in [5, 5.41) is 3.18. The Kier molecular flexibility index (Phi) is 3.95. The molecular weight excluding hydrogens is 340 g/mol. The standard InChI is InChI=1S/C22H28N2O3/c1-14-8-10-24(11-9-14)21(26)18-12-16-7-6-15(18)13-22(16)23-20(25)17-4-2-3-5-19(17)27-22/h2-5,14-16,18H,6-13H2,1H3,(H,23,25)/t15-,16+,18+,22-/m0/s1. The molecule has 144 valence electrons. The summed E-state index contributed by atoms with van der Waals surface area (Å²) >= 11 is 0. The number of nitrogens with one attached hydrogen (secondary N) is 1. The molecule has 4 atom stereocenters. The van der Waals surface area contributed by atoms with Gasteiger partial charge in [0.05, 0.1) is 5.56 Å². The molecule has 5 heteroatoms. The molecule has 2 amide bonds. The SMILES string of the molecule is CC1CCN(C(=O)[C@@H]2C[C@H]3CC[C@H]2C[C@@]32NC(=O)c3ccccc3O2)CC1. The largest absolute Gasteiger partial charge is 0.467 e. The summed E-state index contributed by atoms with van der Waals surface area (Å²) in [6.45, 7) is 4.08. The van der Waals surface area contributed by atoms with E-state index in [1.54, 1.807) is 0 Å². The summed E-state index contributed by atoms with van der Waals surface area (Å²) in [4.78, 5) is 27.9. The Balaban J connectivity index is 1.35. The van der Waals surface area contributed by atoms with Gasteiger partial charge in [-0.25, -0.2) is 0 Å². The van der Waals surface area contributed by atoms with Gasteiger partial charge >= 0.3 is 0 Å². The van der Waals surface area contributed by atoms with Crippen molar-refractivity contribution in [2.75, 3.05) is 13.1 Å². The van der Waals surface area contributed by atoms with E-state index < -0.39 is 5.72 Å². The number of benzene rings is 1. The van der Waals surface area contributed by atoms with Gasteiger partial charge in [0, 0.05) is 31.3 Å². The molecule has 1 saturated heterocycles. The molecule has 1 aromatic rings. The second-order valence-corrected chi connectivity index (χ2v) is 9.03. The minimum Gasteiger partial charge on any atom is -0.467 e. The molecule has 5 nitrogen and oxygen atoms in total. The number of amides is 2. The predicted octanol–water partition coefficient (Wildman–Crippen LogP) is 3.20. The van der Waals surface area contributed by atoms with Crippen molar-refractivity contribution in [1.29, 1.82) is 0 Å². The van der Waals surface area contributed by atoms with E-state index in [0.29, 0.717) is 23.1 Å². The van der Waals surface area contributed by atoms with Gasteiger partial charge < -0.3 is 15.0 Å². The third-order valence-corrected chi connectivity index (χ3v) is 7.38. The van der Waals surface area contributed by atoms with Crippen molar-refractivity contribution in [2.45, 2.75) is 51.2 Å². The van der Waals surface area contributed by atoms with Gasteiger partial charge in [0.15, 0.2) is 5.72 Å². The minimum absolute atomic E-state index is 0.0442. The fourth-order valence-electron chi connectivity index (χ4n) is 5.73. The van der Waals surface area contributed by atoms with Crippen molar-refractivity contribution in [2.24, 2.45) is 23.7 Å². The summed E-state index contributed by atoms with van der Waals surface area (Å²) in [5.41, 5.74) is -0.0127. The van der Waals surface area contributed by atoms with Gasteiger partial charge in [0.2, 0.25) is 5.91 Å². The van der Waals surface area contributed by atoms with E-state index in [9.17, 15) is 9.59 Å². The summed E-state index contributed by atoms with van der Waals surface area (Å²) in [6, 6.07) is 7.47. The first-order valence-electron chi connectivity index (χ1n) is 10.4. The van der Waals surface area contributed by atoms with E-state index in [0.717, 1.165) is 57.5 Å². The molecule has 1 aromatic carbocycles. The number of rotatable bonds is 1. The Morgan fingerprint density at radius 3 is 2.70 bits per heavy atom. The summed E-state index contributed by atoms with van der Waals surface area (Å²) < 4.78 is 6.40. The summed E-state index contributed by atoms with van der Waals surface area (Å²) in [5.74, 6) is 2.31. The van der Waals surface area contributed by atoms with Gasteiger partial charge in [-0.1, -0.05) is 19.1 Å². The zero-order valence-electron chi connectivity index (χ0n) is 15.9. The van der Waals surface area contributed by atoms with Crippen LogP contribution in [0.4, 0.5) is 0 Å². The van der Waals surface area contributed by atoms with E-state index in [-0.39, 0.29) is 17.7 Å². The van der Waals surface area contributed by atoms with Gasteiger partial charge in [0.1, 0.15) is 5.75 Å². The molecule has 0 radical (unpaired) electrons. The molecule has 3 saturated carbocycles. The van der Waals surface area contributed by atoms with E-state index in [4.69, 9.17) is 4.74 Å². The number of carbonyl (C=O) groups is 2. The van der Waals surface area contributed by atoms with Crippen molar-refractivity contribution >= 4 is 11.8 Å². The zero-order chi connectivity index (χ0) is 18.6. The average Bonchev–Trinajstić information content (AvgIpc) is 2.68. The molecule has 0 aromatic heterocycles. The predicted molar refractivity (Wildman–Crippen MR) is 101 cm³/mol. The fourth-order valence-corrected chi connectivity index (χ4v) is 5.73. The maximum atomic E-state index is 13.2. The number of para-hydroxylation sites is 1. The van der Waals surface area contributed by atoms with Gasteiger partial charge in [-0.2, -0.15) is 0 Å². The lowest BCUT2D eigenvalue weighted by Crippen LogP contribution is -2.67. The van der Waals surface area contributed by atoms with Crippen LogP contribution in [0.1, 0.15) is 55.8 Å². The normalized spacial score (nSPS) is 35.5. The summed E-state index contributed by atoms with van der Waals surface area (Å²) in [7, 11) is 0. The Hall–Kier alpha value is -2.04. The first kappa shape index (κ1) is 17.1. The number of ether oxygens (including phenoxy) is 1. The van der Waals surface area contributed by atoms with Crippen LogP contribution in [-0.2, 0) is 4.79 Å². The highest BCUT2D eigenvalue weighted by Gasteiger charge is 2.57. The van der Waals surface area contributed by atoms with Crippen LogP contribution in [0.2, 0.25) is 0 Å². The average molecular weight is 368 g/mol. The number of nitrogens with zero attached hydrogens (tertiary/aromatic N) is 1. The lowest BCUT2D eigenvalue weighted by atomic mass is 9.59. The highest BCUT2D eigenvalue weighted by atomic mass is 16.5. The molecule has 1 spiro atoms. The van der Waals surface area contributed by atoms with Crippen LogP contribution in [0.5, 0.6) is 5.75 Å². The molecule has 6 rings (SSSR count). The van der Waals surface area contributed by atoms with Crippen LogP contribution in [0.3, 0.4) is 0 Å². The van der Waals surface area contributed by atoms with Crippen molar-refractivity contribution in [3.8, 4) is 5.75 Å². The molecule has 2 aliphatic heterocycles. The topological polar surface area (TPSA) is 58.6 Å². The molecule has 2 bridgehead atoms. The van der Waals surface area contributed by atoms with Crippen molar-refractivity contribution in [1.82, 2.24) is 10.2 Å². The smallest absolute Gasteiger partial charge is 0.258 e. The van der Waals surface area contributed by atoms with Crippen molar-refractivity contribution < 1.29 is 14.3 Å². The number of hydrogen-bond donors (Lipinski definition) is 1. The van der Waals surface area contributed by atoms with Crippen LogP contribution >= 0.6 is 0 Å². The van der Waals surface area contributed by atoms with Crippen molar-refractivity contribution in [3.63, 3.8) is 0 Å². The van der Waals surface area contributed by atoms with Crippen LogP contribution in [-0.4, -0.2) is 35.5 Å². The first-order valence-corrected chi connectivity index (χ1v) is 10.4. The van der Waals surface area contributed by atoms with Crippen LogP contribution < -0.4 is 10.1 Å². The molecular formula is C22H28N2O3. The second-order valence-electron chi connectivity index (χ2n) is 9.03. The summed E-state index contributed by atoms with van der Waals surface area (Å²) in [6.07, 6.45) is 5.90. The van der Waals surface area contributed by atoms with Crippen LogP contribution in [0, 0.1) is 23.7 Å². The fraction of sp³-hybridized carbons (Fsp3) is 0.636. The lowest BCUT2D eigenvalue weighted by Gasteiger charge is -2.55. The molecule has 27 heavy (non-hydrogen) atoms. The molecule has 2 heterocycles. The van der Waals surface area contributed by atoms with Crippen molar-refractivity contribution in [3.05, 3.63) is 29.8 Å². The number of hydrogen-bond acceptors (Lipinski definition) is 3. The maximum Gasteiger partial charge on any atom is 0.258 e. The molecule has 3 aliphatic carbocycles. The highest BCUT2D eigenvalue weighted by Crippen LogP contribution is 2.52. The van der Waals surface area contributed by atoms with Gasteiger partial charge in [0.25, 0.3) is 5.91 Å². The van der Waals surface area contributed by atoms with E-state index >= 15 is 0 Å². The molecule has 5 aliphatic rings. The minimum atomic E-state index is -0.623. The van der Waals surface area contributed by atoms with Gasteiger partial charge in [-0.05, 0) is 56.1 Å². The zero-order valence-corrected chi connectivity index (χ0v) is 15.9. The Morgan fingerprint density at radius 1 is 1.19 bits per heavy atom. The Bertz CT molecular complexity index is 771. The molecule has 4 fully saturated rings. The number of piperidine rings is 1. The first-order chi connectivity index (χ1) is 13.1.